The van der Waals surface area contributed by atoms with Crippen LogP contribution in [0.2, 0.25) is 0 Å². The van der Waals surface area contributed by atoms with Gasteiger partial charge in [-0.2, -0.15) is 18.2 Å². The van der Waals surface area contributed by atoms with Gasteiger partial charge >= 0.3 is 12.1 Å². The third kappa shape index (κ3) is 3.14. The van der Waals surface area contributed by atoms with Crippen LogP contribution in [0.5, 0.6) is 0 Å². The Labute approximate surface area is 141 Å². The summed E-state index contributed by atoms with van der Waals surface area (Å²) in [7, 11) is 0. The minimum atomic E-state index is -4.64. The summed E-state index contributed by atoms with van der Waals surface area (Å²) in [6.45, 7) is 2.71. The Bertz CT molecular complexity index is 777. The van der Waals surface area contributed by atoms with E-state index in [-0.39, 0.29) is 17.9 Å². The molecule has 2 aromatic rings. The van der Waals surface area contributed by atoms with E-state index >= 15 is 0 Å². The summed E-state index contributed by atoms with van der Waals surface area (Å²) in [6, 6.07) is 5.65. The van der Waals surface area contributed by atoms with E-state index in [1.54, 1.807) is 6.07 Å². The summed E-state index contributed by atoms with van der Waals surface area (Å²) < 4.78 is 47.5. The first-order chi connectivity index (χ1) is 11.9. The summed E-state index contributed by atoms with van der Waals surface area (Å²) in [6.07, 6.45) is -3.76. The number of alkyl halides is 3. The van der Waals surface area contributed by atoms with Gasteiger partial charge in [-0.15, -0.1) is 0 Å². The van der Waals surface area contributed by atoms with E-state index in [1.165, 1.54) is 0 Å². The van der Waals surface area contributed by atoms with Gasteiger partial charge in [-0.05, 0) is 23.6 Å². The van der Waals surface area contributed by atoms with Gasteiger partial charge in [0.15, 0.2) is 0 Å². The molecule has 0 bridgehead atoms. The van der Waals surface area contributed by atoms with E-state index in [2.05, 4.69) is 19.6 Å². The molecule has 9 heteroatoms. The highest BCUT2D eigenvalue weighted by atomic mass is 19.4. The molecule has 3 heterocycles. The Hall–Kier alpha value is -1.97. The molecule has 2 N–H and O–H groups in total. The summed E-state index contributed by atoms with van der Waals surface area (Å²) in [5.41, 5.74) is 8.85. The van der Waals surface area contributed by atoms with Gasteiger partial charge in [0.1, 0.15) is 0 Å². The minimum Gasteiger partial charge on any atom is -0.380 e. The lowest BCUT2D eigenvalue weighted by Gasteiger charge is -2.35. The molecule has 0 aliphatic carbocycles. The average Bonchev–Trinajstić information content (AvgIpc) is 3.21. The number of nitrogens with zero attached hydrogens (tertiary/aromatic N) is 3. The Balaban J connectivity index is 1.55. The molecule has 6 nitrogen and oxygen atoms in total. The van der Waals surface area contributed by atoms with Crippen molar-refractivity contribution < 1.29 is 22.4 Å². The van der Waals surface area contributed by atoms with Crippen molar-refractivity contribution in [2.24, 2.45) is 5.73 Å². The van der Waals surface area contributed by atoms with Crippen molar-refractivity contribution in [3.8, 4) is 11.4 Å². The van der Waals surface area contributed by atoms with Crippen LogP contribution in [0, 0.1) is 0 Å². The van der Waals surface area contributed by atoms with E-state index in [4.69, 9.17) is 10.5 Å². The molecule has 1 saturated heterocycles. The maximum atomic E-state index is 12.6. The van der Waals surface area contributed by atoms with Crippen LogP contribution < -0.4 is 5.73 Å². The fourth-order valence-corrected chi connectivity index (χ4v) is 3.45. The number of fused-ring (bicyclic) bond motifs is 1. The van der Waals surface area contributed by atoms with Crippen LogP contribution >= 0.6 is 0 Å². The smallest absolute Gasteiger partial charge is 0.380 e. The first-order valence-corrected chi connectivity index (χ1v) is 8.02. The van der Waals surface area contributed by atoms with Crippen molar-refractivity contribution in [2.45, 2.75) is 37.8 Å². The monoisotopic (exact) mass is 354 g/mol. The number of aromatic nitrogens is 2. The molecule has 0 amide bonds. The van der Waals surface area contributed by atoms with Crippen molar-refractivity contribution in [2.75, 3.05) is 13.2 Å². The van der Waals surface area contributed by atoms with Crippen LogP contribution in [0.15, 0.2) is 22.7 Å². The van der Waals surface area contributed by atoms with E-state index < -0.39 is 12.1 Å². The van der Waals surface area contributed by atoms with Gasteiger partial charge in [0.25, 0.3) is 0 Å². The van der Waals surface area contributed by atoms with Gasteiger partial charge < -0.3 is 15.0 Å². The molecule has 0 spiro atoms. The second kappa shape index (κ2) is 6.08. The molecule has 1 fully saturated rings. The summed E-state index contributed by atoms with van der Waals surface area (Å²) in [5, 5.41) is 3.44. The maximum absolute atomic E-state index is 12.6. The van der Waals surface area contributed by atoms with Crippen LogP contribution in [0.3, 0.4) is 0 Å². The van der Waals surface area contributed by atoms with E-state index in [9.17, 15) is 13.2 Å². The summed E-state index contributed by atoms with van der Waals surface area (Å²) in [4.78, 5) is 5.74. The molecule has 0 radical (unpaired) electrons. The predicted octanol–water partition coefficient (Wildman–Crippen LogP) is 2.19. The van der Waals surface area contributed by atoms with Gasteiger partial charge in [0, 0.05) is 37.3 Å². The molecule has 134 valence electrons. The topological polar surface area (TPSA) is 77.4 Å². The summed E-state index contributed by atoms with van der Waals surface area (Å²) >= 11 is 0. The quantitative estimate of drug-likeness (QED) is 0.891. The second-order valence-corrected chi connectivity index (χ2v) is 6.40. The number of nitrogens with two attached hydrogens (primary N) is 1. The molecular weight excluding hydrogens is 337 g/mol. The summed E-state index contributed by atoms with van der Waals surface area (Å²) in [5.74, 6) is -1.39. The van der Waals surface area contributed by atoms with E-state index in [0.29, 0.717) is 25.3 Å². The molecule has 2 aliphatic heterocycles. The van der Waals surface area contributed by atoms with E-state index in [1.807, 2.05) is 12.1 Å². The molecule has 2 atom stereocenters. The van der Waals surface area contributed by atoms with Gasteiger partial charge in [0.2, 0.25) is 5.82 Å². The lowest BCUT2D eigenvalue weighted by molar-refractivity contribution is -0.159. The van der Waals surface area contributed by atoms with Crippen LogP contribution in [0.25, 0.3) is 11.4 Å². The second-order valence-electron chi connectivity index (χ2n) is 6.40. The molecule has 1 aromatic heterocycles. The number of hydrogen-bond acceptors (Lipinski definition) is 6. The predicted molar refractivity (Wildman–Crippen MR) is 81.2 cm³/mol. The Kier molecular flexibility index (Phi) is 4.01. The fraction of sp³-hybridized carbons (Fsp3) is 0.500. The lowest BCUT2D eigenvalue weighted by Crippen LogP contribution is -2.51. The molecule has 25 heavy (non-hydrogen) atoms. The number of halogens is 3. The third-order valence-electron chi connectivity index (χ3n) is 4.71. The third-order valence-corrected chi connectivity index (χ3v) is 4.71. The Morgan fingerprint density at radius 3 is 2.72 bits per heavy atom. The standard InChI is InChI=1S/C16H17F3N4O2/c17-16(18,19)15-21-14(22-25-15)9-1-2-10-6-23(7-11(10)5-9)13-3-4-24-8-12(13)20/h1-2,5,12-13H,3-4,6-8,20H2/t12-,13-/m1/s1. The van der Waals surface area contributed by atoms with Gasteiger partial charge in [-0.3, -0.25) is 4.90 Å². The van der Waals surface area contributed by atoms with Crippen LogP contribution in [0.1, 0.15) is 23.4 Å². The minimum absolute atomic E-state index is 0.0333. The number of ether oxygens (including phenoxy) is 1. The largest absolute Gasteiger partial charge is 0.471 e. The Morgan fingerprint density at radius 1 is 1.20 bits per heavy atom. The van der Waals surface area contributed by atoms with E-state index in [0.717, 1.165) is 24.1 Å². The van der Waals surface area contributed by atoms with Crippen LogP contribution in [-0.4, -0.2) is 40.3 Å². The van der Waals surface area contributed by atoms with Gasteiger partial charge in [0.05, 0.1) is 6.61 Å². The lowest BCUT2D eigenvalue weighted by atomic mass is 10.0. The van der Waals surface area contributed by atoms with Crippen molar-refractivity contribution in [1.82, 2.24) is 15.0 Å². The first kappa shape index (κ1) is 16.5. The van der Waals surface area contributed by atoms with Crippen LogP contribution in [0.4, 0.5) is 13.2 Å². The zero-order chi connectivity index (χ0) is 17.6. The molecule has 0 unspecified atom stereocenters. The van der Waals surface area contributed by atoms with Crippen molar-refractivity contribution in [3.05, 3.63) is 35.2 Å². The van der Waals surface area contributed by atoms with Gasteiger partial charge in [-0.25, -0.2) is 0 Å². The molecule has 0 saturated carbocycles. The van der Waals surface area contributed by atoms with Crippen molar-refractivity contribution in [3.63, 3.8) is 0 Å². The van der Waals surface area contributed by atoms with Crippen LogP contribution in [-0.2, 0) is 24.0 Å². The fourth-order valence-electron chi connectivity index (χ4n) is 3.45. The molecule has 1 aromatic carbocycles. The molecule has 4 rings (SSSR count). The highest BCUT2D eigenvalue weighted by molar-refractivity contribution is 5.57. The van der Waals surface area contributed by atoms with Crippen molar-refractivity contribution >= 4 is 0 Å². The molecule has 2 aliphatic rings. The zero-order valence-corrected chi connectivity index (χ0v) is 13.3. The normalized spacial score (nSPS) is 24.5. The van der Waals surface area contributed by atoms with Crippen molar-refractivity contribution in [1.29, 1.82) is 0 Å². The highest BCUT2D eigenvalue weighted by Gasteiger charge is 2.38. The number of benzene rings is 1. The first-order valence-electron chi connectivity index (χ1n) is 8.02. The zero-order valence-electron chi connectivity index (χ0n) is 13.3. The van der Waals surface area contributed by atoms with Gasteiger partial charge in [-0.1, -0.05) is 17.3 Å². The number of hydrogen-bond donors (Lipinski definition) is 1. The Morgan fingerprint density at radius 2 is 2.00 bits per heavy atom. The average molecular weight is 354 g/mol. The SMILES string of the molecule is N[C@@H]1COCC[C@H]1N1Cc2ccc(-c3noc(C(F)(F)F)n3)cc2C1. The maximum Gasteiger partial charge on any atom is 0.471 e. The number of rotatable bonds is 2. The molecular formula is C16H17F3N4O2. The highest BCUT2D eigenvalue weighted by Crippen LogP contribution is 2.32.